The number of rotatable bonds is 3. The molecule has 0 aromatic heterocycles. The molecule has 106 valence electrons. The van der Waals surface area contributed by atoms with Crippen molar-refractivity contribution in [2.75, 3.05) is 0 Å². The van der Waals surface area contributed by atoms with Gasteiger partial charge in [-0.25, -0.2) is 0 Å². The molecule has 0 nitrogen and oxygen atoms in total. The molecule has 0 saturated carbocycles. The van der Waals surface area contributed by atoms with Crippen LogP contribution in [0.3, 0.4) is 0 Å². The Hall–Kier alpha value is -2.44. The van der Waals surface area contributed by atoms with Crippen molar-refractivity contribution in [1.29, 1.82) is 0 Å². The topological polar surface area (TPSA) is 0 Å². The summed E-state index contributed by atoms with van der Waals surface area (Å²) in [4.78, 5) is 0. The summed E-state index contributed by atoms with van der Waals surface area (Å²) in [5, 5.41) is 0. The molecule has 0 bridgehead atoms. The largest absolute Gasteiger partial charge is 0.115 e. The standard InChI is InChI=1S/C19H16.C2H6/c1-4-15-9-7-11-17(13-15)19(6-3)18-12-8-10-16(5-2)14-18;1-2/h1-2,7-14,19H,6H2,3H3;1-2H3. The fraction of sp³-hybridized carbons (Fsp3) is 0.238. The minimum atomic E-state index is 0.335. The zero-order valence-electron chi connectivity index (χ0n) is 13.1. The zero-order valence-corrected chi connectivity index (χ0v) is 13.1. The molecule has 2 aromatic rings. The lowest BCUT2D eigenvalue weighted by atomic mass is 9.87. The highest BCUT2D eigenvalue weighted by Gasteiger charge is 2.12. The van der Waals surface area contributed by atoms with Gasteiger partial charge in [-0.05, 0) is 41.8 Å². The summed E-state index contributed by atoms with van der Waals surface area (Å²) in [7, 11) is 0. The van der Waals surface area contributed by atoms with Gasteiger partial charge in [0.05, 0.1) is 0 Å². The maximum atomic E-state index is 5.47. The Balaban J connectivity index is 0.00000106. The van der Waals surface area contributed by atoms with E-state index in [1.54, 1.807) is 0 Å². The first kappa shape index (κ1) is 16.6. The van der Waals surface area contributed by atoms with E-state index in [-0.39, 0.29) is 0 Å². The van der Waals surface area contributed by atoms with Crippen molar-refractivity contribution in [3.63, 3.8) is 0 Å². The number of benzene rings is 2. The maximum Gasteiger partial charge on any atom is 0.0245 e. The molecule has 0 unspecified atom stereocenters. The van der Waals surface area contributed by atoms with E-state index in [0.717, 1.165) is 17.5 Å². The van der Waals surface area contributed by atoms with Crippen molar-refractivity contribution in [3.05, 3.63) is 70.8 Å². The molecule has 2 rings (SSSR count). The van der Waals surface area contributed by atoms with E-state index in [9.17, 15) is 0 Å². The van der Waals surface area contributed by atoms with E-state index in [2.05, 4.69) is 43.0 Å². The molecule has 0 saturated heterocycles. The van der Waals surface area contributed by atoms with Crippen LogP contribution in [0.5, 0.6) is 0 Å². The van der Waals surface area contributed by atoms with Crippen LogP contribution in [0, 0.1) is 24.7 Å². The fourth-order valence-electron chi connectivity index (χ4n) is 2.35. The van der Waals surface area contributed by atoms with E-state index < -0.39 is 0 Å². The van der Waals surface area contributed by atoms with Gasteiger partial charge in [0.25, 0.3) is 0 Å². The minimum Gasteiger partial charge on any atom is -0.115 e. The molecule has 0 fully saturated rings. The molecular formula is C21H22. The lowest BCUT2D eigenvalue weighted by Crippen LogP contribution is -2.00. The van der Waals surface area contributed by atoms with Crippen molar-refractivity contribution in [2.45, 2.75) is 33.1 Å². The third kappa shape index (κ3) is 4.27. The smallest absolute Gasteiger partial charge is 0.0245 e. The highest BCUT2D eigenvalue weighted by Crippen LogP contribution is 2.28. The van der Waals surface area contributed by atoms with Crippen molar-refractivity contribution >= 4 is 0 Å². The van der Waals surface area contributed by atoms with Gasteiger partial charge in [0.15, 0.2) is 0 Å². The van der Waals surface area contributed by atoms with Gasteiger partial charge in [-0.1, -0.05) is 56.9 Å². The second kappa shape index (κ2) is 8.68. The molecule has 0 spiro atoms. The number of terminal acetylenes is 2. The lowest BCUT2D eigenvalue weighted by Gasteiger charge is -2.16. The first-order valence-corrected chi connectivity index (χ1v) is 7.41. The van der Waals surface area contributed by atoms with E-state index in [1.807, 2.05) is 38.1 Å². The van der Waals surface area contributed by atoms with Gasteiger partial charge in [0, 0.05) is 17.0 Å². The van der Waals surface area contributed by atoms with Crippen LogP contribution < -0.4 is 0 Å². The molecule has 0 aliphatic heterocycles. The minimum absolute atomic E-state index is 0.335. The van der Waals surface area contributed by atoms with Gasteiger partial charge in [-0.3, -0.25) is 0 Å². The second-order valence-corrected chi connectivity index (χ2v) is 4.50. The molecule has 21 heavy (non-hydrogen) atoms. The van der Waals surface area contributed by atoms with Gasteiger partial charge in [-0.2, -0.15) is 0 Å². The average molecular weight is 274 g/mol. The molecule has 0 N–H and O–H groups in total. The highest BCUT2D eigenvalue weighted by molar-refractivity contribution is 5.43. The van der Waals surface area contributed by atoms with Crippen LogP contribution >= 0.6 is 0 Å². The summed E-state index contributed by atoms with van der Waals surface area (Å²) in [5.41, 5.74) is 4.33. The van der Waals surface area contributed by atoms with Crippen LogP contribution in [0.1, 0.15) is 55.4 Å². The van der Waals surface area contributed by atoms with Crippen molar-refractivity contribution in [1.82, 2.24) is 0 Å². The molecular weight excluding hydrogens is 252 g/mol. The second-order valence-electron chi connectivity index (χ2n) is 4.50. The molecule has 0 heterocycles. The molecule has 0 aliphatic carbocycles. The summed E-state index contributed by atoms with van der Waals surface area (Å²) in [6.07, 6.45) is 12.0. The van der Waals surface area contributed by atoms with Crippen LogP contribution in [-0.4, -0.2) is 0 Å². The monoisotopic (exact) mass is 274 g/mol. The van der Waals surface area contributed by atoms with E-state index in [1.165, 1.54) is 11.1 Å². The SMILES string of the molecule is C#Cc1cccc(C(CC)c2cccc(C#C)c2)c1.CC. The Labute approximate surface area is 129 Å². The highest BCUT2D eigenvalue weighted by atomic mass is 14.2. The average Bonchev–Trinajstić information content (AvgIpc) is 2.58. The van der Waals surface area contributed by atoms with Gasteiger partial charge in [-0.15, -0.1) is 12.8 Å². The van der Waals surface area contributed by atoms with Crippen LogP contribution in [0.25, 0.3) is 0 Å². The van der Waals surface area contributed by atoms with Crippen LogP contribution in [-0.2, 0) is 0 Å². The molecule has 2 aromatic carbocycles. The molecule has 0 heteroatoms. The Bertz CT molecular complexity index is 593. The van der Waals surface area contributed by atoms with Crippen LogP contribution in [0.2, 0.25) is 0 Å². The van der Waals surface area contributed by atoms with Crippen molar-refractivity contribution in [2.24, 2.45) is 0 Å². The Morgan fingerprint density at radius 2 is 1.29 bits per heavy atom. The van der Waals surface area contributed by atoms with Gasteiger partial charge >= 0.3 is 0 Å². The van der Waals surface area contributed by atoms with E-state index in [4.69, 9.17) is 12.8 Å². The van der Waals surface area contributed by atoms with E-state index >= 15 is 0 Å². The Morgan fingerprint density at radius 1 is 0.857 bits per heavy atom. The summed E-state index contributed by atoms with van der Waals surface area (Å²) >= 11 is 0. The normalized spacial score (nSPS) is 9.24. The lowest BCUT2D eigenvalue weighted by molar-refractivity contribution is 0.777. The number of hydrogen-bond donors (Lipinski definition) is 0. The quantitative estimate of drug-likeness (QED) is 0.673. The van der Waals surface area contributed by atoms with Crippen molar-refractivity contribution < 1.29 is 0 Å². The summed E-state index contributed by atoms with van der Waals surface area (Å²) in [6, 6.07) is 16.3. The third-order valence-electron chi connectivity index (χ3n) is 3.32. The predicted molar refractivity (Wildman–Crippen MR) is 92.2 cm³/mol. The predicted octanol–water partition coefficient (Wildman–Crippen LogP) is 5.22. The molecule has 0 radical (unpaired) electrons. The summed E-state index contributed by atoms with van der Waals surface area (Å²) in [6.45, 7) is 6.18. The Kier molecular flexibility index (Phi) is 6.86. The summed E-state index contributed by atoms with van der Waals surface area (Å²) < 4.78 is 0. The first-order valence-electron chi connectivity index (χ1n) is 7.41. The van der Waals surface area contributed by atoms with Gasteiger partial charge in [0.1, 0.15) is 0 Å². The number of hydrogen-bond acceptors (Lipinski definition) is 0. The first-order chi connectivity index (χ1) is 10.3. The van der Waals surface area contributed by atoms with Crippen LogP contribution in [0.4, 0.5) is 0 Å². The molecule has 0 amide bonds. The maximum absolute atomic E-state index is 5.47. The fourth-order valence-corrected chi connectivity index (χ4v) is 2.35. The third-order valence-corrected chi connectivity index (χ3v) is 3.32. The molecule has 0 atom stereocenters. The molecule has 0 aliphatic rings. The van der Waals surface area contributed by atoms with E-state index in [0.29, 0.717) is 5.92 Å². The van der Waals surface area contributed by atoms with Gasteiger partial charge in [0.2, 0.25) is 0 Å². The Morgan fingerprint density at radius 3 is 1.62 bits per heavy atom. The van der Waals surface area contributed by atoms with Crippen LogP contribution in [0.15, 0.2) is 48.5 Å². The zero-order chi connectivity index (χ0) is 15.7. The van der Waals surface area contributed by atoms with Crippen molar-refractivity contribution in [3.8, 4) is 24.7 Å². The van der Waals surface area contributed by atoms with Gasteiger partial charge < -0.3 is 0 Å². The summed E-state index contributed by atoms with van der Waals surface area (Å²) in [5.74, 6) is 5.71.